The Kier molecular flexibility index (Phi) is 3.40. The Bertz CT molecular complexity index is 425. The maximum Gasteiger partial charge on any atom is 0.0233 e. The molecule has 2 nitrogen and oxygen atoms in total. The Morgan fingerprint density at radius 3 is 2.94 bits per heavy atom. The number of rotatable bonds is 3. The summed E-state index contributed by atoms with van der Waals surface area (Å²) < 4.78 is 0. The SMILES string of the molecule is CC(N)C1CCN(Cc2ccc3c(c2)CCC3)C1. The molecule has 0 saturated carbocycles. The zero-order chi connectivity index (χ0) is 12.5. The van der Waals surface area contributed by atoms with Crippen molar-refractivity contribution in [3.8, 4) is 0 Å². The van der Waals surface area contributed by atoms with Crippen molar-refractivity contribution in [2.75, 3.05) is 13.1 Å². The molecule has 0 bridgehead atoms. The fourth-order valence-electron chi connectivity index (χ4n) is 3.42. The van der Waals surface area contributed by atoms with E-state index in [1.54, 1.807) is 11.1 Å². The van der Waals surface area contributed by atoms with Gasteiger partial charge < -0.3 is 5.73 Å². The van der Waals surface area contributed by atoms with Gasteiger partial charge in [-0.25, -0.2) is 0 Å². The zero-order valence-electron chi connectivity index (χ0n) is 11.4. The second kappa shape index (κ2) is 5.02. The molecular weight excluding hydrogens is 220 g/mol. The molecule has 1 heterocycles. The van der Waals surface area contributed by atoms with Crippen molar-refractivity contribution in [2.24, 2.45) is 11.7 Å². The molecular formula is C16H24N2. The van der Waals surface area contributed by atoms with Crippen LogP contribution in [0.2, 0.25) is 0 Å². The highest BCUT2D eigenvalue weighted by Gasteiger charge is 2.25. The molecule has 0 spiro atoms. The number of nitrogens with zero attached hydrogens (tertiary/aromatic N) is 1. The van der Waals surface area contributed by atoms with E-state index in [4.69, 9.17) is 5.73 Å². The van der Waals surface area contributed by atoms with Crippen molar-refractivity contribution >= 4 is 0 Å². The lowest BCUT2D eigenvalue weighted by Crippen LogP contribution is -2.29. The van der Waals surface area contributed by atoms with E-state index < -0.39 is 0 Å². The van der Waals surface area contributed by atoms with Crippen LogP contribution in [0.15, 0.2) is 18.2 Å². The van der Waals surface area contributed by atoms with Gasteiger partial charge in [0.25, 0.3) is 0 Å². The van der Waals surface area contributed by atoms with Gasteiger partial charge in [0, 0.05) is 19.1 Å². The average molecular weight is 244 g/mol. The highest BCUT2D eigenvalue weighted by atomic mass is 15.1. The summed E-state index contributed by atoms with van der Waals surface area (Å²) >= 11 is 0. The number of hydrogen-bond donors (Lipinski definition) is 1. The molecule has 2 atom stereocenters. The Morgan fingerprint density at radius 2 is 2.17 bits per heavy atom. The summed E-state index contributed by atoms with van der Waals surface area (Å²) in [5, 5.41) is 0. The van der Waals surface area contributed by atoms with Crippen LogP contribution < -0.4 is 5.73 Å². The molecule has 2 heteroatoms. The van der Waals surface area contributed by atoms with E-state index in [9.17, 15) is 0 Å². The molecule has 0 radical (unpaired) electrons. The van der Waals surface area contributed by atoms with Crippen molar-refractivity contribution in [3.05, 3.63) is 34.9 Å². The van der Waals surface area contributed by atoms with Crippen LogP contribution in [0, 0.1) is 5.92 Å². The van der Waals surface area contributed by atoms with Gasteiger partial charge in [-0.15, -0.1) is 0 Å². The van der Waals surface area contributed by atoms with Gasteiger partial charge >= 0.3 is 0 Å². The summed E-state index contributed by atoms with van der Waals surface area (Å²) in [6.45, 7) is 5.64. The number of benzene rings is 1. The van der Waals surface area contributed by atoms with Gasteiger partial charge in [-0.05, 0) is 61.8 Å². The van der Waals surface area contributed by atoms with Crippen LogP contribution in [0.3, 0.4) is 0 Å². The quantitative estimate of drug-likeness (QED) is 0.884. The molecule has 2 unspecified atom stereocenters. The minimum absolute atomic E-state index is 0.343. The number of likely N-dealkylation sites (tertiary alicyclic amines) is 1. The number of fused-ring (bicyclic) bond motifs is 1. The molecule has 0 aromatic heterocycles. The van der Waals surface area contributed by atoms with E-state index in [0.29, 0.717) is 12.0 Å². The second-order valence-corrected chi connectivity index (χ2v) is 6.10. The number of hydrogen-bond acceptors (Lipinski definition) is 2. The smallest absolute Gasteiger partial charge is 0.0233 e. The minimum Gasteiger partial charge on any atom is -0.328 e. The van der Waals surface area contributed by atoms with E-state index in [-0.39, 0.29) is 0 Å². The molecule has 1 aromatic carbocycles. The van der Waals surface area contributed by atoms with Gasteiger partial charge in [0.2, 0.25) is 0 Å². The highest BCUT2D eigenvalue weighted by molar-refractivity contribution is 5.35. The van der Waals surface area contributed by atoms with Crippen LogP contribution >= 0.6 is 0 Å². The molecule has 1 saturated heterocycles. The average Bonchev–Trinajstić information content (AvgIpc) is 2.96. The van der Waals surface area contributed by atoms with Crippen LogP contribution in [0.5, 0.6) is 0 Å². The van der Waals surface area contributed by atoms with Crippen molar-refractivity contribution < 1.29 is 0 Å². The molecule has 0 amide bonds. The molecule has 3 rings (SSSR count). The summed E-state index contributed by atoms with van der Waals surface area (Å²) in [6, 6.07) is 7.44. The predicted molar refractivity (Wildman–Crippen MR) is 75.5 cm³/mol. The standard InChI is InChI=1S/C16H24N2/c1-12(17)16-7-8-18(11-16)10-13-5-6-14-3-2-4-15(14)9-13/h5-6,9,12,16H,2-4,7-8,10-11,17H2,1H3. The topological polar surface area (TPSA) is 29.3 Å². The first-order valence-electron chi connectivity index (χ1n) is 7.31. The number of nitrogens with two attached hydrogens (primary N) is 1. The molecule has 1 aliphatic carbocycles. The lowest BCUT2D eigenvalue weighted by Gasteiger charge is -2.18. The maximum absolute atomic E-state index is 6.00. The summed E-state index contributed by atoms with van der Waals surface area (Å²) in [5.74, 6) is 0.694. The summed E-state index contributed by atoms with van der Waals surface area (Å²) in [6.07, 6.45) is 5.18. The summed E-state index contributed by atoms with van der Waals surface area (Å²) in [4.78, 5) is 2.56. The normalized spacial score (nSPS) is 25.3. The van der Waals surface area contributed by atoms with Gasteiger partial charge in [-0.3, -0.25) is 4.90 Å². The first kappa shape index (κ1) is 12.2. The zero-order valence-corrected chi connectivity index (χ0v) is 11.4. The van der Waals surface area contributed by atoms with Crippen molar-refractivity contribution in [1.82, 2.24) is 4.90 Å². The highest BCUT2D eigenvalue weighted by Crippen LogP contribution is 2.25. The van der Waals surface area contributed by atoms with Gasteiger partial charge in [-0.2, -0.15) is 0 Å². The summed E-state index contributed by atoms with van der Waals surface area (Å²) in [7, 11) is 0. The van der Waals surface area contributed by atoms with E-state index >= 15 is 0 Å². The maximum atomic E-state index is 6.00. The largest absolute Gasteiger partial charge is 0.328 e. The van der Waals surface area contributed by atoms with Gasteiger partial charge in [0.05, 0.1) is 0 Å². The van der Waals surface area contributed by atoms with Gasteiger partial charge in [0.15, 0.2) is 0 Å². The van der Waals surface area contributed by atoms with Crippen molar-refractivity contribution in [1.29, 1.82) is 0 Å². The van der Waals surface area contributed by atoms with Crippen LogP contribution in [0.1, 0.15) is 36.5 Å². The van der Waals surface area contributed by atoms with E-state index in [1.165, 1.54) is 44.3 Å². The van der Waals surface area contributed by atoms with Crippen LogP contribution in [-0.2, 0) is 19.4 Å². The lowest BCUT2D eigenvalue weighted by atomic mass is 10.0. The van der Waals surface area contributed by atoms with Crippen molar-refractivity contribution in [2.45, 2.75) is 45.2 Å². The molecule has 2 aliphatic rings. The molecule has 1 aromatic rings. The minimum atomic E-state index is 0.343. The first-order valence-corrected chi connectivity index (χ1v) is 7.31. The molecule has 2 N–H and O–H groups in total. The van der Waals surface area contributed by atoms with E-state index in [2.05, 4.69) is 30.0 Å². The fraction of sp³-hybridized carbons (Fsp3) is 0.625. The third-order valence-corrected chi connectivity index (χ3v) is 4.62. The van der Waals surface area contributed by atoms with Gasteiger partial charge in [-0.1, -0.05) is 18.2 Å². The predicted octanol–water partition coefficient (Wildman–Crippen LogP) is 2.34. The molecule has 18 heavy (non-hydrogen) atoms. The third kappa shape index (κ3) is 2.45. The fourth-order valence-corrected chi connectivity index (χ4v) is 3.42. The van der Waals surface area contributed by atoms with Crippen molar-refractivity contribution in [3.63, 3.8) is 0 Å². The van der Waals surface area contributed by atoms with E-state index in [1.807, 2.05) is 0 Å². The molecule has 98 valence electrons. The monoisotopic (exact) mass is 244 g/mol. The first-order chi connectivity index (χ1) is 8.72. The molecule has 1 fully saturated rings. The molecule has 1 aliphatic heterocycles. The Labute approximate surface area is 110 Å². The van der Waals surface area contributed by atoms with Gasteiger partial charge in [0.1, 0.15) is 0 Å². The van der Waals surface area contributed by atoms with Crippen LogP contribution in [0.25, 0.3) is 0 Å². The Balaban J connectivity index is 1.63. The number of aryl methyl sites for hydroxylation is 2. The summed E-state index contributed by atoms with van der Waals surface area (Å²) in [5.41, 5.74) is 10.7. The van der Waals surface area contributed by atoms with Crippen LogP contribution in [-0.4, -0.2) is 24.0 Å². The third-order valence-electron chi connectivity index (χ3n) is 4.62. The lowest BCUT2D eigenvalue weighted by molar-refractivity contribution is 0.308. The van der Waals surface area contributed by atoms with E-state index in [0.717, 1.165) is 6.54 Å². The second-order valence-electron chi connectivity index (χ2n) is 6.10. The Morgan fingerprint density at radius 1 is 1.33 bits per heavy atom. The van der Waals surface area contributed by atoms with Crippen LogP contribution in [0.4, 0.5) is 0 Å². The Hall–Kier alpha value is -0.860.